The van der Waals surface area contributed by atoms with Gasteiger partial charge in [0, 0.05) is 24.7 Å². The first-order valence-electron chi connectivity index (χ1n) is 11.7. The molecule has 0 aliphatic carbocycles. The predicted molar refractivity (Wildman–Crippen MR) is 132 cm³/mol. The summed E-state index contributed by atoms with van der Waals surface area (Å²) < 4.78 is 0. The Labute approximate surface area is 213 Å². The van der Waals surface area contributed by atoms with Crippen LogP contribution < -0.4 is 27.4 Å². The van der Waals surface area contributed by atoms with Crippen molar-refractivity contribution in [3.05, 3.63) is 54.1 Å². The van der Waals surface area contributed by atoms with E-state index in [-0.39, 0.29) is 18.8 Å². The molecule has 2 rings (SSSR count). The molecule has 1 aromatic carbocycles. The molecule has 0 aliphatic heterocycles. The van der Waals surface area contributed by atoms with Gasteiger partial charge in [0.25, 0.3) is 0 Å². The first-order chi connectivity index (χ1) is 17.5. The van der Waals surface area contributed by atoms with Crippen molar-refractivity contribution in [3.63, 3.8) is 0 Å². The van der Waals surface area contributed by atoms with Crippen molar-refractivity contribution in [2.24, 2.45) is 17.4 Å². The highest BCUT2D eigenvalue weighted by molar-refractivity contribution is 5.96. The molecule has 37 heavy (non-hydrogen) atoms. The Morgan fingerprint density at radius 1 is 0.919 bits per heavy atom. The molecule has 0 bridgehead atoms. The smallest absolute Gasteiger partial charge is 0.326 e. The van der Waals surface area contributed by atoms with Crippen LogP contribution in [0.3, 0.4) is 0 Å². The van der Waals surface area contributed by atoms with E-state index in [2.05, 4.69) is 25.9 Å². The lowest BCUT2D eigenvalue weighted by Gasteiger charge is -2.25. The van der Waals surface area contributed by atoms with E-state index < -0.39 is 60.2 Å². The topological polar surface area (TPSA) is 222 Å². The molecule has 0 aliphatic rings. The number of hydrogen-bond donors (Lipinski definition) is 7. The van der Waals surface area contributed by atoms with Gasteiger partial charge in [0.05, 0.1) is 18.8 Å². The molecule has 0 saturated heterocycles. The van der Waals surface area contributed by atoms with Crippen molar-refractivity contribution in [2.75, 3.05) is 0 Å². The average Bonchev–Trinajstić information content (AvgIpc) is 3.35. The maximum Gasteiger partial charge on any atom is 0.326 e. The lowest BCUT2D eigenvalue weighted by atomic mass is 10.0. The minimum atomic E-state index is -1.48. The number of nitrogens with two attached hydrogens (primary N) is 2. The normalized spacial score (nSPS) is 14.2. The zero-order valence-electron chi connectivity index (χ0n) is 20.6. The minimum Gasteiger partial charge on any atom is -0.480 e. The summed E-state index contributed by atoms with van der Waals surface area (Å²) in [7, 11) is 0. The Balaban J connectivity index is 2.19. The van der Waals surface area contributed by atoms with E-state index in [1.807, 2.05) is 0 Å². The molecule has 9 N–H and O–H groups in total. The molecular weight excluding hydrogens is 482 g/mol. The van der Waals surface area contributed by atoms with Crippen LogP contribution in [0.15, 0.2) is 42.9 Å². The van der Waals surface area contributed by atoms with Gasteiger partial charge in [-0.3, -0.25) is 19.2 Å². The second-order valence-corrected chi connectivity index (χ2v) is 8.93. The fourth-order valence-corrected chi connectivity index (χ4v) is 3.40. The van der Waals surface area contributed by atoms with Gasteiger partial charge in [-0.1, -0.05) is 44.2 Å². The summed E-state index contributed by atoms with van der Waals surface area (Å²) in [5.74, 6) is -4.70. The summed E-state index contributed by atoms with van der Waals surface area (Å²) in [6.07, 6.45) is 2.23. The molecule has 4 unspecified atom stereocenters. The SMILES string of the molecule is CC(C)C(N)C(=O)NC(Cc1cnc[nH]1)C(=O)NC(CC(N)=O)C(=O)NC(Cc1ccccc1)C(=O)O. The Kier molecular flexibility index (Phi) is 10.8. The zero-order chi connectivity index (χ0) is 27.5. The van der Waals surface area contributed by atoms with E-state index in [0.29, 0.717) is 11.3 Å². The van der Waals surface area contributed by atoms with E-state index in [0.717, 1.165) is 0 Å². The van der Waals surface area contributed by atoms with E-state index in [9.17, 15) is 29.1 Å². The molecule has 1 aromatic heterocycles. The van der Waals surface area contributed by atoms with Crippen molar-refractivity contribution in [3.8, 4) is 0 Å². The first-order valence-corrected chi connectivity index (χ1v) is 11.7. The van der Waals surface area contributed by atoms with E-state index in [1.165, 1.54) is 12.5 Å². The van der Waals surface area contributed by atoms with Gasteiger partial charge in [0.2, 0.25) is 23.6 Å². The minimum absolute atomic E-state index is 0.0148. The average molecular weight is 516 g/mol. The molecule has 200 valence electrons. The molecule has 0 spiro atoms. The van der Waals surface area contributed by atoms with Crippen molar-refractivity contribution in [1.82, 2.24) is 25.9 Å². The molecule has 13 nitrogen and oxygen atoms in total. The number of aliphatic carboxylic acids is 1. The lowest BCUT2D eigenvalue weighted by molar-refractivity contribution is -0.142. The maximum atomic E-state index is 13.2. The van der Waals surface area contributed by atoms with Crippen LogP contribution in [-0.4, -0.2) is 68.8 Å². The van der Waals surface area contributed by atoms with Crippen LogP contribution in [0.1, 0.15) is 31.5 Å². The third kappa shape index (κ3) is 9.37. The third-order valence-corrected chi connectivity index (χ3v) is 5.57. The highest BCUT2D eigenvalue weighted by atomic mass is 16.4. The molecule has 0 saturated carbocycles. The highest BCUT2D eigenvalue weighted by Gasteiger charge is 2.32. The van der Waals surface area contributed by atoms with Crippen LogP contribution in [0, 0.1) is 5.92 Å². The third-order valence-electron chi connectivity index (χ3n) is 5.57. The summed E-state index contributed by atoms with van der Waals surface area (Å²) in [6, 6.07) is 3.75. The number of aromatic nitrogens is 2. The fraction of sp³-hybridized carbons (Fsp3) is 0.417. The van der Waals surface area contributed by atoms with Gasteiger partial charge >= 0.3 is 5.97 Å². The van der Waals surface area contributed by atoms with E-state index in [1.54, 1.807) is 44.2 Å². The summed E-state index contributed by atoms with van der Waals surface area (Å²) >= 11 is 0. The fourth-order valence-electron chi connectivity index (χ4n) is 3.40. The monoisotopic (exact) mass is 515 g/mol. The molecule has 13 heteroatoms. The number of carboxylic acid groups (broad SMARTS) is 1. The lowest BCUT2D eigenvalue weighted by Crippen LogP contribution is -2.58. The van der Waals surface area contributed by atoms with Gasteiger partial charge < -0.3 is 37.5 Å². The second-order valence-electron chi connectivity index (χ2n) is 8.93. The van der Waals surface area contributed by atoms with Crippen molar-refractivity contribution >= 4 is 29.6 Å². The standard InChI is InChI=1S/C24H33N7O6/c1-13(2)20(26)23(35)30-16(9-15-11-27-12-28-15)21(33)29-17(10-19(25)32)22(34)31-18(24(36)37)8-14-6-4-3-5-7-14/h3-7,11-13,16-18,20H,8-10,26H2,1-2H3,(H2,25,32)(H,27,28)(H,29,33)(H,30,35)(H,31,34)(H,36,37). The summed E-state index contributed by atoms with van der Waals surface area (Å²) in [5.41, 5.74) is 12.4. The number of benzene rings is 1. The van der Waals surface area contributed by atoms with Crippen LogP contribution in [0.2, 0.25) is 0 Å². The Morgan fingerprint density at radius 2 is 1.51 bits per heavy atom. The summed E-state index contributed by atoms with van der Waals surface area (Å²) in [6.45, 7) is 3.49. The number of primary amides is 1. The molecule has 0 fully saturated rings. The Morgan fingerprint density at radius 3 is 2.05 bits per heavy atom. The number of amides is 4. The Hall–Kier alpha value is -4.26. The molecule has 4 atom stereocenters. The number of hydrogen-bond acceptors (Lipinski definition) is 7. The predicted octanol–water partition coefficient (Wildman–Crippen LogP) is -1.41. The molecule has 0 radical (unpaired) electrons. The van der Waals surface area contributed by atoms with Gasteiger partial charge in [0.1, 0.15) is 18.1 Å². The largest absolute Gasteiger partial charge is 0.480 e. The Bertz CT molecular complexity index is 1070. The summed E-state index contributed by atoms with van der Waals surface area (Å²) in [5, 5.41) is 16.9. The maximum absolute atomic E-state index is 13.2. The number of rotatable bonds is 14. The summed E-state index contributed by atoms with van der Waals surface area (Å²) in [4.78, 5) is 68.8. The molecule has 2 aromatic rings. The number of nitrogens with zero attached hydrogens (tertiary/aromatic N) is 1. The number of imidazole rings is 1. The van der Waals surface area contributed by atoms with Crippen molar-refractivity contribution in [1.29, 1.82) is 0 Å². The number of nitrogens with one attached hydrogen (secondary N) is 4. The van der Waals surface area contributed by atoms with Gasteiger partial charge in [-0.2, -0.15) is 0 Å². The quantitative estimate of drug-likeness (QED) is 0.158. The zero-order valence-corrected chi connectivity index (χ0v) is 20.6. The highest BCUT2D eigenvalue weighted by Crippen LogP contribution is 2.07. The van der Waals surface area contributed by atoms with Crippen LogP contribution in [0.4, 0.5) is 0 Å². The van der Waals surface area contributed by atoms with Crippen LogP contribution in [-0.2, 0) is 36.8 Å². The number of H-pyrrole nitrogens is 1. The second kappa shape index (κ2) is 13.7. The van der Waals surface area contributed by atoms with Crippen LogP contribution in [0.25, 0.3) is 0 Å². The molecule has 4 amide bonds. The first kappa shape index (κ1) is 29.0. The van der Waals surface area contributed by atoms with Crippen LogP contribution in [0.5, 0.6) is 0 Å². The van der Waals surface area contributed by atoms with Gasteiger partial charge in [-0.15, -0.1) is 0 Å². The number of aromatic amines is 1. The van der Waals surface area contributed by atoms with Gasteiger partial charge in [-0.05, 0) is 11.5 Å². The van der Waals surface area contributed by atoms with Gasteiger partial charge in [0.15, 0.2) is 0 Å². The molecule has 1 heterocycles. The van der Waals surface area contributed by atoms with E-state index >= 15 is 0 Å². The van der Waals surface area contributed by atoms with Crippen molar-refractivity contribution < 1.29 is 29.1 Å². The number of carbonyl (C=O) groups excluding carboxylic acids is 4. The van der Waals surface area contributed by atoms with Crippen LogP contribution >= 0.6 is 0 Å². The van der Waals surface area contributed by atoms with E-state index in [4.69, 9.17) is 11.5 Å². The molecular formula is C24H33N7O6. The van der Waals surface area contributed by atoms with Crippen molar-refractivity contribution in [2.45, 2.75) is 57.3 Å². The number of carboxylic acids is 1. The number of carbonyl (C=O) groups is 5. The van der Waals surface area contributed by atoms with Gasteiger partial charge in [-0.25, -0.2) is 9.78 Å².